The van der Waals surface area contributed by atoms with Gasteiger partial charge in [0.2, 0.25) is 0 Å². The lowest BCUT2D eigenvalue weighted by Gasteiger charge is -2.30. The van der Waals surface area contributed by atoms with E-state index in [1.807, 2.05) is 36.3 Å². The molecule has 0 saturated heterocycles. The summed E-state index contributed by atoms with van der Waals surface area (Å²) in [7, 11) is 3.19. The maximum Gasteiger partial charge on any atom is 0.337 e. The average molecular weight is 514 g/mol. The summed E-state index contributed by atoms with van der Waals surface area (Å²) in [5, 5.41) is 14.4. The van der Waals surface area contributed by atoms with E-state index in [0.717, 1.165) is 5.56 Å². The van der Waals surface area contributed by atoms with Crippen molar-refractivity contribution in [2.75, 3.05) is 20.8 Å². The third-order valence-electron chi connectivity index (χ3n) is 5.73. The molecule has 0 amide bonds. The van der Waals surface area contributed by atoms with E-state index in [1.54, 1.807) is 37.9 Å². The van der Waals surface area contributed by atoms with Crippen molar-refractivity contribution in [3.05, 3.63) is 104 Å². The van der Waals surface area contributed by atoms with Gasteiger partial charge in [-0.05, 0) is 25.0 Å². The molecule has 2 aromatic carbocycles. The fourth-order valence-corrected chi connectivity index (χ4v) is 4.03. The molecule has 36 heavy (non-hydrogen) atoms. The fraction of sp³-hybridized carbons (Fsp3) is 0.269. The summed E-state index contributed by atoms with van der Waals surface area (Å²) in [5.74, 6) is 0.902. The zero-order chi connectivity index (χ0) is 25.5. The molecule has 0 bridgehead atoms. The number of methoxy groups -OCH3 is 1. The highest BCUT2D eigenvalue weighted by Gasteiger charge is 2.36. The molecule has 1 heterocycles. The van der Waals surface area contributed by atoms with E-state index in [4.69, 9.17) is 9.47 Å². The van der Waals surface area contributed by atoms with E-state index < -0.39 is 16.8 Å². The number of benzene rings is 2. The molecule has 0 aromatic heterocycles. The van der Waals surface area contributed by atoms with Crippen molar-refractivity contribution >= 4 is 30.0 Å². The number of rotatable bonds is 9. The predicted molar refractivity (Wildman–Crippen MR) is 137 cm³/mol. The molecule has 3 rings (SSSR count). The van der Waals surface area contributed by atoms with Crippen molar-refractivity contribution in [2.45, 2.75) is 26.3 Å². The Morgan fingerprint density at radius 3 is 2.44 bits per heavy atom. The van der Waals surface area contributed by atoms with Gasteiger partial charge in [0.05, 0.1) is 29.2 Å². The van der Waals surface area contributed by atoms with E-state index in [1.165, 1.54) is 19.2 Å². The van der Waals surface area contributed by atoms with Crippen LogP contribution in [-0.2, 0) is 25.6 Å². The number of nitro groups is 1. The first-order valence-electron chi connectivity index (χ1n) is 10.9. The van der Waals surface area contributed by atoms with Gasteiger partial charge in [0.15, 0.2) is 0 Å². The Kier molecular flexibility index (Phi) is 9.84. The van der Waals surface area contributed by atoms with Crippen molar-refractivity contribution in [3.63, 3.8) is 0 Å². The van der Waals surface area contributed by atoms with E-state index in [9.17, 15) is 19.7 Å². The van der Waals surface area contributed by atoms with E-state index >= 15 is 0 Å². The Balaban J connectivity index is 0.00000456. The lowest BCUT2D eigenvalue weighted by atomic mass is 9.85. The van der Waals surface area contributed by atoms with E-state index in [-0.39, 0.29) is 36.0 Å². The molecule has 2 aromatic rings. The highest BCUT2D eigenvalue weighted by Crippen LogP contribution is 2.39. The lowest BCUT2D eigenvalue weighted by molar-refractivity contribution is -0.384. The van der Waals surface area contributed by atoms with Gasteiger partial charge >= 0.3 is 5.97 Å². The number of nitro benzene ring substituents is 1. The summed E-state index contributed by atoms with van der Waals surface area (Å²) < 4.78 is 11.1. The van der Waals surface area contributed by atoms with Crippen LogP contribution in [0.25, 0.3) is 0 Å². The number of hydrogen-bond donors (Lipinski definition) is 1. The molecule has 1 unspecified atom stereocenters. The number of nitrogens with one attached hydrogen (secondary N) is 1. The number of esters is 1. The normalized spacial score (nSPS) is 14.7. The number of dihydropyridines is 1. The molecule has 10 heteroatoms. The minimum absolute atomic E-state index is 0. The van der Waals surface area contributed by atoms with E-state index in [2.05, 4.69) is 5.32 Å². The average Bonchev–Trinajstić information content (AvgIpc) is 2.84. The number of nitrogens with zero attached hydrogens (tertiary/aromatic N) is 2. The summed E-state index contributed by atoms with van der Waals surface area (Å²) in [4.78, 5) is 37.4. The Labute approximate surface area is 215 Å². The number of allylic oxidation sites excluding steroid dienone is 3. The number of ether oxygens (including phenoxy) is 2. The van der Waals surface area contributed by atoms with Crippen molar-refractivity contribution in [1.29, 1.82) is 0 Å². The van der Waals surface area contributed by atoms with E-state index in [0.29, 0.717) is 29.3 Å². The molecule has 1 N–H and O–H groups in total. The Bertz CT molecular complexity index is 1240. The summed E-state index contributed by atoms with van der Waals surface area (Å²) >= 11 is 0. The fourth-order valence-electron chi connectivity index (χ4n) is 4.03. The number of carbonyl (C=O) groups excluding carboxylic acids is 2. The molecular formula is C26H28ClN3O6. The summed E-state index contributed by atoms with van der Waals surface area (Å²) in [6.07, 6.45) is 0. The van der Waals surface area contributed by atoms with Gasteiger partial charge in [-0.1, -0.05) is 42.5 Å². The predicted octanol–water partition coefficient (Wildman–Crippen LogP) is 4.25. The van der Waals surface area contributed by atoms with Crippen LogP contribution in [0.2, 0.25) is 0 Å². The molecule has 1 atom stereocenters. The summed E-state index contributed by atoms with van der Waals surface area (Å²) in [5.41, 5.74) is 3.01. The Morgan fingerprint density at radius 2 is 1.83 bits per heavy atom. The van der Waals surface area contributed by atoms with Gasteiger partial charge in [0, 0.05) is 31.4 Å². The third-order valence-corrected chi connectivity index (χ3v) is 5.73. The Hall–Kier alpha value is -4.07. The molecular weight excluding hydrogens is 486 g/mol. The summed E-state index contributed by atoms with van der Waals surface area (Å²) in [6.45, 7) is 3.67. The van der Waals surface area contributed by atoms with Crippen molar-refractivity contribution in [2.24, 2.45) is 0 Å². The first-order chi connectivity index (χ1) is 16.8. The minimum atomic E-state index is -0.723. The van der Waals surface area contributed by atoms with Crippen molar-refractivity contribution < 1.29 is 24.0 Å². The van der Waals surface area contributed by atoms with Crippen LogP contribution in [0.3, 0.4) is 0 Å². The van der Waals surface area contributed by atoms with Crippen LogP contribution in [-0.4, -0.2) is 42.5 Å². The number of non-ortho nitro benzene ring substituents is 1. The standard InChI is InChI=1S/C26H27N3O6.ClH/c1-17-23(26(31)35-16-22(15-30)28(3)14-19-9-6-5-7-10-19)24(25(34-4)18(2)27-17)20-11-8-12-21(13-20)29(32)33;/h5-13,24,27H,14,16H2,1-4H3;1H. The van der Waals surface area contributed by atoms with Gasteiger partial charge in [0.25, 0.3) is 5.69 Å². The lowest BCUT2D eigenvalue weighted by Crippen LogP contribution is -2.30. The molecule has 0 spiro atoms. The molecule has 9 nitrogen and oxygen atoms in total. The molecule has 0 fully saturated rings. The second-order valence-electron chi connectivity index (χ2n) is 8.11. The highest BCUT2D eigenvalue weighted by atomic mass is 35.5. The number of hydrogen-bond acceptors (Lipinski definition) is 8. The van der Waals surface area contributed by atoms with Crippen LogP contribution in [0.1, 0.15) is 30.9 Å². The number of likely N-dealkylation sites (N-methyl/N-ethyl adjacent to an activating group) is 1. The van der Waals surface area contributed by atoms with Crippen LogP contribution >= 0.6 is 12.4 Å². The van der Waals surface area contributed by atoms with Gasteiger partial charge in [-0.25, -0.2) is 9.59 Å². The smallest absolute Gasteiger partial charge is 0.337 e. The van der Waals surface area contributed by atoms with Gasteiger partial charge < -0.3 is 19.7 Å². The SMILES string of the molecule is COC1=C(C)NC(C)=C(C(=O)OCC(=C=O)N(C)Cc2ccccc2)C1c1cccc([N+](=O)[O-])c1.Cl. The topological polar surface area (TPSA) is 111 Å². The van der Waals surface area contributed by atoms with Crippen LogP contribution in [0, 0.1) is 10.1 Å². The maximum atomic E-state index is 13.3. The second kappa shape index (κ2) is 12.6. The molecule has 190 valence electrons. The maximum absolute atomic E-state index is 13.3. The number of halogens is 1. The van der Waals surface area contributed by atoms with Gasteiger partial charge in [-0.3, -0.25) is 10.1 Å². The molecule has 1 aliphatic heterocycles. The van der Waals surface area contributed by atoms with Crippen LogP contribution < -0.4 is 5.32 Å². The van der Waals surface area contributed by atoms with Crippen LogP contribution in [0.5, 0.6) is 0 Å². The van der Waals surface area contributed by atoms with Crippen LogP contribution in [0.15, 0.2) is 83.0 Å². The van der Waals surface area contributed by atoms with Crippen molar-refractivity contribution in [1.82, 2.24) is 10.2 Å². The highest BCUT2D eigenvalue weighted by molar-refractivity contribution is 5.92. The van der Waals surface area contributed by atoms with Crippen LogP contribution in [0.4, 0.5) is 5.69 Å². The minimum Gasteiger partial charge on any atom is -0.498 e. The molecule has 0 saturated carbocycles. The Morgan fingerprint density at radius 1 is 1.14 bits per heavy atom. The molecule has 0 aliphatic carbocycles. The largest absolute Gasteiger partial charge is 0.498 e. The van der Waals surface area contributed by atoms with Crippen molar-refractivity contribution in [3.8, 4) is 0 Å². The zero-order valence-electron chi connectivity index (χ0n) is 20.4. The second-order valence-corrected chi connectivity index (χ2v) is 8.11. The molecule has 0 radical (unpaired) electrons. The third kappa shape index (κ3) is 6.33. The van der Waals surface area contributed by atoms with Gasteiger partial charge in [-0.2, -0.15) is 0 Å². The first kappa shape index (κ1) is 28.2. The first-order valence-corrected chi connectivity index (χ1v) is 10.9. The zero-order valence-corrected chi connectivity index (χ0v) is 21.3. The molecule has 1 aliphatic rings. The quantitative estimate of drug-likeness (QED) is 0.229. The monoisotopic (exact) mass is 513 g/mol. The van der Waals surface area contributed by atoms with Gasteiger partial charge in [0.1, 0.15) is 24.0 Å². The summed E-state index contributed by atoms with van der Waals surface area (Å²) in [6, 6.07) is 15.6. The number of carbonyl (C=O) groups is 1. The van der Waals surface area contributed by atoms with Gasteiger partial charge in [-0.15, -0.1) is 12.4 Å².